The Balaban J connectivity index is 2.00. The van der Waals surface area contributed by atoms with E-state index in [-0.39, 0.29) is 44.5 Å². The van der Waals surface area contributed by atoms with E-state index in [1.807, 2.05) is 0 Å². The molecule has 10 heteroatoms. The molecular weight excluding hydrogens is 336 g/mol. The third-order valence-corrected chi connectivity index (χ3v) is 3.20. The van der Waals surface area contributed by atoms with Crippen LogP contribution < -0.4 is 0 Å². The van der Waals surface area contributed by atoms with Gasteiger partial charge in [-0.05, 0) is 6.42 Å². The molecule has 0 aromatic carbocycles. The van der Waals surface area contributed by atoms with Gasteiger partial charge in [0.05, 0.1) is 32.5 Å². The number of hydrogen-bond donors (Lipinski definition) is 1. The number of nitrogens with zero attached hydrogens (tertiary/aromatic N) is 2. The number of hydrogen-bond acceptors (Lipinski definition) is 9. The van der Waals surface area contributed by atoms with E-state index < -0.39 is 17.8 Å². The quantitative estimate of drug-likeness (QED) is 0.162. The van der Waals surface area contributed by atoms with Gasteiger partial charge in [0.15, 0.2) is 0 Å². The van der Waals surface area contributed by atoms with Crippen molar-refractivity contribution in [1.82, 2.24) is 5.06 Å². The van der Waals surface area contributed by atoms with Crippen LogP contribution in [0.3, 0.4) is 0 Å². The lowest BCUT2D eigenvalue weighted by Gasteiger charge is -2.12. The lowest BCUT2D eigenvalue weighted by Crippen LogP contribution is -2.32. The van der Waals surface area contributed by atoms with Gasteiger partial charge in [0.25, 0.3) is 11.8 Å². The maximum absolute atomic E-state index is 11.6. The SMILES string of the molecule is O=C(CCCOCCOC/C=N/O)CCC(=O)ON1C(=O)CCC1=O. The molecule has 2 amide bonds. The van der Waals surface area contributed by atoms with Crippen molar-refractivity contribution < 1.29 is 38.7 Å². The number of carbonyl (C=O) groups is 4. The van der Waals surface area contributed by atoms with Crippen LogP contribution in [0, 0.1) is 0 Å². The lowest BCUT2D eigenvalue weighted by atomic mass is 10.1. The number of ether oxygens (including phenoxy) is 2. The molecule has 1 aliphatic rings. The molecular formula is C15H22N2O8. The summed E-state index contributed by atoms with van der Waals surface area (Å²) < 4.78 is 10.3. The van der Waals surface area contributed by atoms with E-state index >= 15 is 0 Å². The monoisotopic (exact) mass is 358 g/mol. The number of ketones is 1. The molecule has 0 spiro atoms. The first kappa shape index (κ1) is 20.7. The molecule has 1 saturated heterocycles. The molecule has 140 valence electrons. The summed E-state index contributed by atoms with van der Waals surface area (Å²) in [6, 6.07) is 0. The summed E-state index contributed by atoms with van der Waals surface area (Å²) in [5.74, 6) is -2.00. The van der Waals surface area contributed by atoms with Crippen molar-refractivity contribution >= 4 is 29.8 Å². The topological polar surface area (TPSA) is 132 Å². The molecule has 0 aliphatic carbocycles. The third kappa shape index (κ3) is 8.91. The molecule has 0 bridgehead atoms. The first-order valence-corrected chi connectivity index (χ1v) is 7.94. The number of Topliss-reactive ketones (excluding diaryl/α,β-unsaturated/α-hetero) is 1. The molecule has 0 unspecified atom stereocenters. The number of amides is 2. The zero-order valence-electron chi connectivity index (χ0n) is 13.8. The minimum atomic E-state index is -0.781. The number of hydroxylamine groups is 2. The molecule has 0 atom stereocenters. The van der Waals surface area contributed by atoms with E-state index in [4.69, 9.17) is 14.7 Å². The van der Waals surface area contributed by atoms with Gasteiger partial charge in [-0.2, -0.15) is 0 Å². The average molecular weight is 358 g/mol. The molecule has 1 fully saturated rings. The van der Waals surface area contributed by atoms with Crippen LogP contribution in [-0.2, 0) is 33.5 Å². The fourth-order valence-corrected chi connectivity index (χ4v) is 1.93. The van der Waals surface area contributed by atoms with Crippen LogP contribution in [0.5, 0.6) is 0 Å². The summed E-state index contributed by atoms with van der Waals surface area (Å²) in [4.78, 5) is 50.4. The highest BCUT2D eigenvalue weighted by molar-refractivity contribution is 6.01. The van der Waals surface area contributed by atoms with Crippen LogP contribution in [0.25, 0.3) is 0 Å². The van der Waals surface area contributed by atoms with Crippen LogP contribution in [-0.4, -0.2) is 66.5 Å². The molecule has 1 heterocycles. The number of oxime groups is 1. The third-order valence-electron chi connectivity index (χ3n) is 3.20. The van der Waals surface area contributed by atoms with E-state index in [9.17, 15) is 19.2 Å². The summed E-state index contributed by atoms with van der Waals surface area (Å²) >= 11 is 0. The summed E-state index contributed by atoms with van der Waals surface area (Å²) in [7, 11) is 0. The predicted molar refractivity (Wildman–Crippen MR) is 82.6 cm³/mol. The Morgan fingerprint density at radius 2 is 1.72 bits per heavy atom. The van der Waals surface area contributed by atoms with Crippen molar-refractivity contribution in [3.63, 3.8) is 0 Å². The van der Waals surface area contributed by atoms with Crippen molar-refractivity contribution in [2.24, 2.45) is 5.16 Å². The van der Waals surface area contributed by atoms with E-state index in [2.05, 4.69) is 9.99 Å². The smallest absolute Gasteiger partial charge is 0.333 e. The standard InChI is InChI=1S/C15H22N2O8/c18-12(2-1-8-23-10-11-24-9-7-16-22)3-6-15(21)25-17-13(19)4-5-14(17)20/h7,22H,1-6,8-11H2/b16-7+. The van der Waals surface area contributed by atoms with Crippen molar-refractivity contribution in [3.05, 3.63) is 0 Å². The van der Waals surface area contributed by atoms with Crippen molar-refractivity contribution in [3.8, 4) is 0 Å². The normalized spacial score (nSPS) is 14.5. The van der Waals surface area contributed by atoms with Crippen LogP contribution in [0.2, 0.25) is 0 Å². The molecule has 10 nitrogen and oxygen atoms in total. The van der Waals surface area contributed by atoms with E-state index in [1.165, 1.54) is 6.21 Å². The zero-order valence-corrected chi connectivity index (χ0v) is 13.8. The maximum Gasteiger partial charge on any atom is 0.333 e. The lowest BCUT2D eigenvalue weighted by molar-refractivity contribution is -0.197. The van der Waals surface area contributed by atoms with Crippen molar-refractivity contribution in [2.75, 3.05) is 26.4 Å². The number of imide groups is 1. The fraction of sp³-hybridized carbons (Fsp3) is 0.667. The van der Waals surface area contributed by atoms with Gasteiger partial charge in [-0.25, -0.2) is 4.79 Å². The minimum absolute atomic E-state index is 0.0152. The Kier molecular flexibility index (Phi) is 10.0. The Labute approximate surface area is 144 Å². The van der Waals surface area contributed by atoms with Gasteiger partial charge in [-0.1, -0.05) is 5.16 Å². The van der Waals surface area contributed by atoms with E-state index in [0.29, 0.717) is 31.3 Å². The number of rotatable bonds is 13. The largest absolute Gasteiger partial charge is 0.411 e. The molecule has 1 N–H and O–H groups in total. The zero-order chi connectivity index (χ0) is 18.5. The molecule has 0 aromatic heterocycles. The predicted octanol–water partition coefficient (Wildman–Crippen LogP) is 0.216. The second-order valence-corrected chi connectivity index (χ2v) is 5.17. The minimum Gasteiger partial charge on any atom is -0.411 e. The van der Waals surface area contributed by atoms with Gasteiger partial charge in [0.1, 0.15) is 5.78 Å². The summed E-state index contributed by atoms with van der Waals surface area (Å²) in [6.45, 7) is 1.28. The van der Waals surface area contributed by atoms with E-state index in [0.717, 1.165) is 0 Å². The van der Waals surface area contributed by atoms with Crippen LogP contribution in [0.1, 0.15) is 38.5 Å². The highest BCUT2D eigenvalue weighted by Gasteiger charge is 2.32. The highest BCUT2D eigenvalue weighted by atomic mass is 16.7. The van der Waals surface area contributed by atoms with Gasteiger partial charge in [0, 0.05) is 32.3 Å². The van der Waals surface area contributed by atoms with Gasteiger partial charge in [0.2, 0.25) is 0 Å². The van der Waals surface area contributed by atoms with Crippen LogP contribution >= 0.6 is 0 Å². The molecule has 1 aliphatic heterocycles. The molecule has 0 radical (unpaired) electrons. The Hall–Kier alpha value is -2.33. The average Bonchev–Trinajstić information content (AvgIpc) is 2.90. The Morgan fingerprint density at radius 1 is 1.04 bits per heavy atom. The van der Waals surface area contributed by atoms with Gasteiger partial charge in [-0.15, -0.1) is 5.06 Å². The summed E-state index contributed by atoms with van der Waals surface area (Å²) in [5.41, 5.74) is 0. The molecule has 25 heavy (non-hydrogen) atoms. The van der Waals surface area contributed by atoms with Gasteiger partial charge >= 0.3 is 5.97 Å². The summed E-state index contributed by atoms with van der Waals surface area (Å²) in [5, 5.41) is 11.4. The molecule has 0 aromatic rings. The van der Waals surface area contributed by atoms with Crippen molar-refractivity contribution in [2.45, 2.75) is 38.5 Å². The maximum atomic E-state index is 11.6. The van der Waals surface area contributed by atoms with Gasteiger partial charge in [-0.3, -0.25) is 14.4 Å². The van der Waals surface area contributed by atoms with E-state index in [1.54, 1.807) is 0 Å². The molecule has 1 rings (SSSR count). The first-order valence-electron chi connectivity index (χ1n) is 7.94. The fourth-order valence-electron chi connectivity index (χ4n) is 1.93. The second-order valence-electron chi connectivity index (χ2n) is 5.17. The first-order chi connectivity index (χ1) is 12.0. The Bertz CT molecular complexity index is 490. The summed E-state index contributed by atoms with van der Waals surface area (Å²) in [6.07, 6.45) is 1.84. The van der Waals surface area contributed by atoms with Crippen molar-refractivity contribution in [1.29, 1.82) is 0 Å². The van der Waals surface area contributed by atoms with Crippen LogP contribution in [0.4, 0.5) is 0 Å². The molecule has 0 saturated carbocycles. The highest BCUT2D eigenvalue weighted by Crippen LogP contribution is 2.13. The van der Waals surface area contributed by atoms with Gasteiger partial charge < -0.3 is 19.5 Å². The van der Waals surface area contributed by atoms with Crippen LogP contribution in [0.15, 0.2) is 5.16 Å². The Morgan fingerprint density at radius 3 is 2.40 bits per heavy atom. The second kappa shape index (κ2) is 12.1. The number of carbonyl (C=O) groups excluding carboxylic acids is 4.